The molecule has 4 rings (SSSR count). The Morgan fingerprint density at radius 1 is 1.20 bits per heavy atom. The monoisotopic (exact) mass is 531 g/mol. The summed E-state index contributed by atoms with van der Waals surface area (Å²) in [6, 6.07) is 9.68. The Bertz CT molecular complexity index is 1380. The molecule has 35 heavy (non-hydrogen) atoms. The van der Waals surface area contributed by atoms with Crippen molar-refractivity contribution < 1.29 is 13.6 Å². The van der Waals surface area contributed by atoms with Crippen molar-refractivity contribution in [2.75, 3.05) is 0 Å². The lowest BCUT2D eigenvalue weighted by Gasteiger charge is -2.29. The van der Waals surface area contributed by atoms with Gasteiger partial charge < -0.3 is 10.3 Å². The fourth-order valence-electron chi connectivity index (χ4n) is 3.87. The molecule has 9 heteroatoms. The topological polar surface area (TPSA) is 60.9 Å². The van der Waals surface area contributed by atoms with Crippen LogP contribution in [0.4, 0.5) is 8.78 Å². The van der Waals surface area contributed by atoms with Crippen molar-refractivity contribution in [1.29, 1.82) is 0 Å². The third kappa shape index (κ3) is 5.37. The second-order valence-electron chi connectivity index (χ2n) is 8.15. The molecule has 2 N–H and O–H groups in total. The number of imidazole rings is 1. The first-order valence-corrected chi connectivity index (χ1v) is 12.4. The van der Waals surface area contributed by atoms with Crippen molar-refractivity contribution in [2.24, 2.45) is 5.73 Å². The predicted molar refractivity (Wildman–Crippen MR) is 137 cm³/mol. The van der Waals surface area contributed by atoms with Crippen molar-refractivity contribution in [1.82, 2.24) is 9.55 Å². The summed E-state index contributed by atoms with van der Waals surface area (Å²) in [6.07, 6.45) is 9.87. The number of thioether (sulfide) groups is 1. The highest BCUT2D eigenvalue weighted by molar-refractivity contribution is 7.98. The fourth-order valence-corrected chi connectivity index (χ4v) is 5.10. The van der Waals surface area contributed by atoms with Gasteiger partial charge >= 0.3 is 0 Å². The molecule has 1 unspecified atom stereocenters. The minimum Gasteiger partial charge on any atom is -0.366 e. The molecule has 0 aliphatic carbocycles. The number of hydrogen-bond acceptors (Lipinski definition) is 3. The van der Waals surface area contributed by atoms with E-state index in [1.807, 2.05) is 23.6 Å². The maximum absolute atomic E-state index is 14.2. The number of hydrogen-bond donors (Lipinski definition) is 1. The van der Waals surface area contributed by atoms with Crippen molar-refractivity contribution in [2.45, 2.75) is 29.8 Å². The van der Waals surface area contributed by atoms with E-state index in [-0.39, 0.29) is 11.4 Å². The van der Waals surface area contributed by atoms with Crippen LogP contribution in [0.1, 0.15) is 34.1 Å². The van der Waals surface area contributed by atoms with Crippen LogP contribution in [0.5, 0.6) is 0 Å². The van der Waals surface area contributed by atoms with Crippen LogP contribution < -0.4 is 5.73 Å². The van der Waals surface area contributed by atoms with Gasteiger partial charge in [0, 0.05) is 12.3 Å². The lowest BCUT2D eigenvalue weighted by atomic mass is 9.79. The van der Waals surface area contributed by atoms with Crippen LogP contribution >= 0.6 is 35.0 Å². The van der Waals surface area contributed by atoms with Crippen LogP contribution in [-0.4, -0.2) is 15.5 Å². The van der Waals surface area contributed by atoms with Crippen LogP contribution in [0.15, 0.2) is 84.0 Å². The molecule has 1 atom stereocenters. The number of primary amides is 1. The smallest absolute Gasteiger partial charge is 0.251 e. The van der Waals surface area contributed by atoms with E-state index in [1.54, 1.807) is 36.5 Å². The summed E-state index contributed by atoms with van der Waals surface area (Å²) in [5, 5.41) is 1.54. The van der Waals surface area contributed by atoms with E-state index in [0.29, 0.717) is 27.5 Å². The van der Waals surface area contributed by atoms with Gasteiger partial charge in [0.15, 0.2) is 5.16 Å². The zero-order valence-corrected chi connectivity index (χ0v) is 21.0. The van der Waals surface area contributed by atoms with Gasteiger partial charge in [0.1, 0.15) is 11.6 Å². The van der Waals surface area contributed by atoms with Gasteiger partial charge in [0.05, 0.1) is 32.9 Å². The average Bonchev–Trinajstić information content (AvgIpc) is 3.23. The molecule has 2 heterocycles. The molecule has 1 aromatic heterocycles. The average molecular weight is 532 g/mol. The van der Waals surface area contributed by atoms with E-state index in [0.717, 1.165) is 16.8 Å². The number of halogens is 4. The van der Waals surface area contributed by atoms with Gasteiger partial charge in [-0.3, -0.25) is 4.79 Å². The molecule has 4 nitrogen and oxygen atoms in total. The summed E-state index contributed by atoms with van der Waals surface area (Å²) in [5.74, 6) is -1.43. The summed E-state index contributed by atoms with van der Waals surface area (Å²) in [6.45, 7) is 2.38. The zero-order valence-electron chi connectivity index (χ0n) is 18.6. The molecule has 1 aliphatic heterocycles. The number of carbonyl (C=O) groups excluding carboxylic acids is 1. The van der Waals surface area contributed by atoms with Crippen molar-refractivity contribution in [3.63, 3.8) is 0 Å². The Kier molecular flexibility index (Phi) is 7.50. The predicted octanol–water partition coefficient (Wildman–Crippen LogP) is 7.01. The van der Waals surface area contributed by atoms with E-state index in [9.17, 15) is 13.6 Å². The van der Waals surface area contributed by atoms with Gasteiger partial charge in [0.25, 0.3) is 5.91 Å². The summed E-state index contributed by atoms with van der Waals surface area (Å²) in [5.41, 5.74) is 6.87. The normalized spacial score (nSPS) is 20.1. The quantitative estimate of drug-likeness (QED) is 0.360. The molecule has 3 aromatic rings. The number of nitrogens with two attached hydrogens (primary N) is 1. The number of benzene rings is 2. The second kappa shape index (κ2) is 10.4. The summed E-state index contributed by atoms with van der Waals surface area (Å²) >= 11 is 13.9. The number of amides is 1. The van der Waals surface area contributed by atoms with Crippen molar-refractivity contribution in [3.8, 4) is 0 Å². The van der Waals surface area contributed by atoms with E-state index in [4.69, 9.17) is 28.9 Å². The molecule has 0 fully saturated rings. The van der Waals surface area contributed by atoms with Gasteiger partial charge in [-0.1, -0.05) is 65.3 Å². The fraction of sp³-hybridized carbons (Fsp3) is 0.154. The second-order valence-corrected chi connectivity index (χ2v) is 9.90. The minimum absolute atomic E-state index is 0.156. The van der Waals surface area contributed by atoms with Crippen LogP contribution in [0.25, 0.3) is 0 Å². The SMILES string of the molecule is CC1(c2ccc(Cl)c(Cl)c2)C=C/C=C(F)\C=C/Cn2c1cnc2SCc1ccc(F)c(C(N)=O)c1. The first-order chi connectivity index (χ1) is 16.7. The molecular weight excluding hydrogens is 511 g/mol. The van der Waals surface area contributed by atoms with Gasteiger partial charge in [-0.05, 0) is 54.5 Å². The summed E-state index contributed by atoms with van der Waals surface area (Å²) in [7, 11) is 0. The Labute approximate surface area is 216 Å². The summed E-state index contributed by atoms with van der Waals surface area (Å²) in [4.78, 5) is 16.1. The third-order valence-electron chi connectivity index (χ3n) is 5.78. The molecule has 180 valence electrons. The first-order valence-electron chi connectivity index (χ1n) is 10.6. The number of nitrogens with zero attached hydrogens (tertiary/aromatic N) is 2. The highest BCUT2D eigenvalue weighted by atomic mass is 35.5. The van der Waals surface area contributed by atoms with E-state index >= 15 is 0 Å². The maximum atomic E-state index is 14.2. The number of allylic oxidation sites excluding steroid dienone is 6. The van der Waals surface area contributed by atoms with Crippen molar-refractivity contribution >= 4 is 40.9 Å². The minimum atomic E-state index is -0.822. The lowest BCUT2D eigenvalue weighted by molar-refractivity contribution is 0.0996. The Hall–Kier alpha value is -2.87. The molecule has 0 radical (unpaired) electrons. The van der Waals surface area contributed by atoms with E-state index in [1.165, 1.54) is 36.0 Å². The third-order valence-corrected chi connectivity index (χ3v) is 7.59. The van der Waals surface area contributed by atoms with Crippen LogP contribution in [0.3, 0.4) is 0 Å². The van der Waals surface area contributed by atoms with E-state index < -0.39 is 17.1 Å². The highest BCUT2D eigenvalue weighted by Gasteiger charge is 2.31. The van der Waals surface area contributed by atoms with Gasteiger partial charge in [-0.2, -0.15) is 0 Å². The van der Waals surface area contributed by atoms with E-state index in [2.05, 4.69) is 4.98 Å². The molecule has 0 saturated heterocycles. The summed E-state index contributed by atoms with van der Waals surface area (Å²) < 4.78 is 30.0. The standard InChI is InChI=1S/C26H21Cl2F2N3OS/c1-26(17-7-8-20(27)21(28)13-17)10-2-4-18(29)5-3-11-33-23(26)14-32-25(33)35-15-16-6-9-22(30)19(12-16)24(31)34/h2-10,12-14H,11,15H2,1H3,(H2,31,34)/b5-3-,10-2?,18-4+. The van der Waals surface area contributed by atoms with Gasteiger partial charge in [-0.15, -0.1) is 0 Å². The molecule has 0 saturated carbocycles. The Balaban J connectivity index is 1.75. The molecular formula is C26H21Cl2F2N3OS. The first kappa shape index (κ1) is 25.2. The van der Waals surface area contributed by atoms with Crippen LogP contribution in [0, 0.1) is 5.82 Å². The highest BCUT2D eigenvalue weighted by Crippen LogP contribution is 2.39. The maximum Gasteiger partial charge on any atom is 0.251 e. The van der Waals surface area contributed by atoms with Gasteiger partial charge in [0.2, 0.25) is 0 Å². The molecule has 1 aliphatic rings. The molecule has 2 aromatic carbocycles. The van der Waals surface area contributed by atoms with Crippen molar-refractivity contribution in [3.05, 3.63) is 117 Å². The van der Waals surface area contributed by atoms with Gasteiger partial charge in [-0.25, -0.2) is 13.8 Å². The number of aromatic nitrogens is 2. The molecule has 0 spiro atoms. The number of rotatable bonds is 5. The molecule has 0 bridgehead atoms. The Morgan fingerprint density at radius 2 is 2.00 bits per heavy atom. The number of carbonyl (C=O) groups is 1. The van der Waals surface area contributed by atoms with Crippen LogP contribution in [0.2, 0.25) is 10.0 Å². The number of fused-ring (bicyclic) bond motifs is 1. The van der Waals surface area contributed by atoms with Crippen LogP contribution in [-0.2, 0) is 17.7 Å². The lowest BCUT2D eigenvalue weighted by Crippen LogP contribution is -2.25. The largest absolute Gasteiger partial charge is 0.366 e. The molecule has 1 amide bonds. The zero-order chi connectivity index (χ0) is 25.2. The Morgan fingerprint density at radius 3 is 2.74 bits per heavy atom.